The topological polar surface area (TPSA) is 54.5 Å². The van der Waals surface area contributed by atoms with Crippen LogP contribution in [-0.4, -0.2) is 38.8 Å². The normalized spacial score (nSPS) is 13.3. The van der Waals surface area contributed by atoms with Crippen molar-refractivity contribution in [2.75, 3.05) is 17.7 Å². The Morgan fingerprint density at radius 1 is 1.40 bits per heavy atom. The van der Waals surface area contributed by atoms with Gasteiger partial charge in [0, 0.05) is 17.0 Å². The molecule has 112 valence electrons. The van der Waals surface area contributed by atoms with E-state index in [4.69, 9.17) is 11.6 Å². The maximum Gasteiger partial charge on any atom is 0.256 e. The molecule has 0 aliphatic heterocycles. The number of hydrogen-bond donors (Lipinski definition) is 0. The summed E-state index contributed by atoms with van der Waals surface area (Å²) in [4.78, 5) is 12.8. The maximum absolute atomic E-state index is 12.6. The number of halogens is 3. The molecule has 0 spiro atoms. The molecular formula is C12H14ClF2NO3S. The van der Waals surface area contributed by atoms with Crippen molar-refractivity contribution < 1.29 is 22.0 Å². The molecule has 0 radical (unpaired) electrons. The van der Waals surface area contributed by atoms with Crippen molar-refractivity contribution >= 4 is 33.0 Å². The Morgan fingerprint density at radius 3 is 2.45 bits per heavy atom. The lowest BCUT2D eigenvalue weighted by Crippen LogP contribution is -2.43. The van der Waals surface area contributed by atoms with Gasteiger partial charge < -0.3 is 4.90 Å². The SMILES string of the molecule is C[C@H](C(=O)N(CC(F)F)c1cccc(Cl)c1)S(C)(=O)=O. The van der Waals surface area contributed by atoms with Crippen LogP contribution < -0.4 is 4.90 Å². The van der Waals surface area contributed by atoms with Crippen molar-refractivity contribution in [3.8, 4) is 0 Å². The summed E-state index contributed by atoms with van der Waals surface area (Å²) in [5, 5.41) is -1.14. The van der Waals surface area contributed by atoms with Crippen LogP contribution in [-0.2, 0) is 14.6 Å². The predicted molar refractivity (Wildman–Crippen MR) is 74.1 cm³/mol. The number of anilines is 1. The van der Waals surface area contributed by atoms with E-state index in [1.54, 1.807) is 0 Å². The first-order chi connectivity index (χ1) is 9.12. The molecule has 20 heavy (non-hydrogen) atoms. The monoisotopic (exact) mass is 325 g/mol. The Balaban J connectivity index is 3.16. The Kier molecular flexibility index (Phi) is 5.47. The van der Waals surface area contributed by atoms with Crippen LogP contribution in [0.5, 0.6) is 0 Å². The number of benzene rings is 1. The summed E-state index contributed by atoms with van der Waals surface area (Å²) in [6.45, 7) is 0.277. The average Bonchev–Trinajstić information content (AvgIpc) is 2.32. The van der Waals surface area contributed by atoms with Crippen LogP contribution in [0.3, 0.4) is 0 Å². The molecular weight excluding hydrogens is 312 g/mol. The lowest BCUT2D eigenvalue weighted by Gasteiger charge is -2.25. The molecule has 1 aromatic carbocycles. The van der Waals surface area contributed by atoms with E-state index >= 15 is 0 Å². The zero-order valence-corrected chi connectivity index (χ0v) is 12.5. The Bertz CT molecular complexity index is 592. The molecule has 1 atom stereocenters. The second kappa shape index (κ2) is 6.49. The predicted octanol–water partition coefficient (Wildman–Crippen LogP) is 2.37. The van der Waals surface area contributed by atoms with Gasteiger partial charge in [-0.15, -0.1) is 0 Å². The van der Waals surface area contributed by atoms with E-state index in [1.165, 1.54) is 31.2 Å². The van der Waals surface area contributed by atoms with Gasteiger partial charge in [-0.1, -0.05) is 17.7 Å². The molecule has 0 heterocycles. The van der Waals surface area contributed by atoms with E-state index in [-0.39, 0.29) is 10.7 Å². The smallest absolute Gasteiger partial charge is 0.256 e. The third kappa shape index (κ3) is 4.42. The number of carbonyl (C=O) groups excluding carboxylic acids is 1. The third-order valence-electron chi connectivity index (χ3n) is 2.70. The van der Waals surface area contributed by atoms with Gasteiger partial charge in [0.25, 0.3) is 6.43 Å². The van der Waals surface area contributed by atoms with Crippen molar-refractivity contribution in [1.29, 1.82) is 0 Å². The molecule has 1 amide bonds. The summed E-state index contributed by atoms with van der Waals surface area (Å²) in [6.07, 6.45) is -1.90. The minimum atomic E-state index is -3.67. The molecule has 0 aliphatic rings. The summed E-state index contributed by atoms with van der Waals surface area (Å²) in [7, 11) is -3.67. The van der Waals surface area contributed by atoms with Gasteiger partial charge in [0.05, 0.1) is 6.54 Å². The van der Waals surface area contributed by atoms with E-state index in [0.717, 1.165) is 11.2 Å². The molecule has 0 saturated carbocycles. The van der Waals surface area contributed by atoms with Gasteiger partial charge >= 0.3 is 0 Å². The van der Waals surface area contributed by atoms with E-state index in [2.05, 4.69) is 0 Å². The molecule has 0 bridgehead atoms. The summed E-state index contributed by atoms with van der Waals surface area (Å²) >= 11 is 5.76. The molecule has 0 fully saturated rings. The fraction of sp³-hybridized carbons (Fsp3) is 0.417. The Morgan fingerprint density at radius 2 is 2.00 bits per heavy atom. The fourth-order valence-electron chi connectivity index (χ4n) is 1.51. The van der Waals surface area contributed by atoms with Crippen LogP contribution in [0, 0.1) is 0 Å². The Hall–Kier alpha value is -1.21. The van der Waals surface area contributed by atoms with Gasteiger partial charge in [-0.25, -0.2) is 17.2 Å². The molecule has 1 aromatic rings. The van der Waals surface area contributed by atoms with Gasteiger partial charge in [-0.3, -0.25) is 4.79 Å². The van der Waals surface area contributed by atoms with Gasteiger partial charge in [0.15, 0.2) is 9.84 Å². The van der Waals surface area contributed by atoms with Crippen molar-refractivity contribution in [3.63, 3.8) is 0 Å². The fourth-order valence-corrected chi connectivity index (χ4v) is 2.19. The second-order valence-corrected chi connectivity index (χ2v) is 7.09. The summed E-state index contributed by atoms with van der Waals surface area (Å²) < 4.78 is 48.0. The molecule has 0 N–H and O–H groups in total. The van der Waals surface area contributed by atoms with Crippen molar-refractivity contribution in [2.24, 2.45) is 0 Å². The lowest BCUT2D eigenvalue weighted by atomic mass is 10.2. The second-order valence-electron chi connectivity index (χ2n) is 4.29. The van der Waals surface area contributed by atoms with Gasteiger partial charge in [-0.05, 0) is 25.1 Å². The number of sulfone groups is 1. The number of rotatable bonds is 5. The lowest BCUT2D eigenvalue weighted by molar-refractivity contribution is -0.118. The number of carbonyl (C=O) groups is 1. The van der Waals surface area contributed by atoms with E-state index in [1.807, 2.05) is 0 Å². The van der Waals surface area contributed by atoms with Crippen LogP contribution >= 0.6 is 11.6 Å². The molecule has 0 aromatic heterocycles. The van der Waals surface area contributed by atoms with Crippen LogP contribution in [0.25, 0.3) is 0 Å². The highest BCUT2D eigenvalue weighted by molar-refractivity contribution is 7.92. The van der Waals surface area contributed by atoms with Crippen LogP contribution in [0.2, 0.25) is 5.02 Å². The first-order valence-electron chi connectivity index (χ1n) is 5.67. The molecule has 4 nitrogen and oxygen atoms in total. The van der Waals surface area contributed by atoms with Crippen LogP contribution in [0.15, 0.2) is 24.3 Å². The zero-order valence-electron chi connectivity index (χ0n) is 10.9. The quantitative estimate of drug-likeness (QED) is 0.835. The highest BCUT2D eigenvalue weighted by Gasteiger charge is 2.30. The first-order valence-corrected chi connectivity index (χ1v) is 8.00. The largest absolute Gasteiger partial charge is 0.306 e. The first kappa shape index (κ1) is 16.8. The van der Waals surface area contributed by atoms with Gasteiger partial charge in [0.1, 0.15) is 5.25 Å². The Labute approximate surface area is 121 Å². The van der Waals surface area contributed by atoms with E-state index in [9.17, 15) is 22.0 Å². The van der Waals surface area contributed by atoms with Gasteiger partial charge in [-0.2, -0.15) is 0 Å². The van der Waals surface area contributed by atoms with Crippen molar-refractivity contribution in [1.82, 2.24) is 0 Å². The molecule has 0 saturated heterocycles. The highest BCUT2D eigenvalue weighted by Crippen LogP contribution is 2.22. The van der Waals surface area contributed by atoms with Crippen molar-refractivity contribution in [3.05, 3.63) is 29.3 Å². The number of hydrogen-bond acceptors (Lipinski definition) is 3. The summed E-state index contributed by atoms with van der Waals surface area (Å²) in [6, 6.07) is 5.77. The molecule has 0 unspecified atom stereocenters. The number of nitrogens with zero attached hydrogens (tertiary/aromatic N) is 1. The number of amides is 1. The summed E-state index contributed by atoms with van der Waals surface area (Å²) in [5.74, 6) is -0.907. The molecule has 1 rings (SSSR count). The zero-order chi connectivity index (χ0) is 15.5. The third-order valence-corrected chi connectivity index (χ3v) is 4.42. The minimum Gasteiger partial charge on any atom is -0.306 e. The molecule has 0 aliphatic carbocycles. The minimum absolute atomic E-state index is 0.137. The average molecular weight is 326 g/mol. The summed E-state index contributed by atoms with van der Waals surface area (Å²) in [5.41, 5.74) is 0.137. The van der Waals surface area contributed by atoms with Gasteiger partial charge in [0.2, 0.25) is 5.91 Å². The number of alkyl halides is 2. The van der Waals surface area contributed by atoms with E-state index in [0.29, 0.717) is 0 Å². The van der Waals surface area contributed by atoms with E-state index < -0.39 is 34.0 Å². The maximum atomic E-state index is 12.6. The van der Waals surface area contributed by atoms with Crippen LogP contribution in [0.4, 0.5) is 14.5 Å². The standard InChI is InChI=1S/C12H14ClF2NO3S/c1-8(20(2,18)19)12(17)16(7-11(14)15)10-5-3-4-9(13)6-10/h3-6,8,11H,7H2,1-2H3/t8-/m1/s1. The van der Waals surface area contributed by atoms with Crippen molar-refractivity contribution in [2.45, 2.75) is 18.6 Å². The van der Waals surface area contributed by atoms with Crippen LogP contribution in [0.1, 0.15) is 6.92 Å². The highest BCUT2D eigenvalue weighted by atomic mass is 35.5. The molecule has 8 heteroatoms.